The van der Waals surface area contributed by atoms with Gasteiger partial charge in [-0.2, -0.15) is 20.1 Å². The highest BCUT2D eigenvalue weighted by molar-refractivity contribution is 7.07. The molecule has 20 heavy (non-hydrogen) atoms. The van der Waals surface area contributed by atoms with Crippen molar-refractivity contribution in [3.63, 3.8) is 0 Å². The van der Waals surface area contributed by atoms with Crippen LogP contribution in [-0.4, -0.2) is 6.61 Å². The number of hydrogen-bond acceptors (Lipinski definition) is 3. The van der Waals surface area contributed by atoms with Crippen molar-refractivity contribution in [2.24, 2.45) is 0 Å². The molecule has 0 aliphatic rings. The highest BCUT2D eigenvalue weighted by Gasteiger charge is 2.13. The fourth-order valence-corrected chi connectivity index (χ4v) is 2.80. The predicted molar refractivity (Wildman–Crippen MR) is 77.4 cm³/mol. The molecule has 0 bridgehead atoms. The minimum atomic E-state index is -2.79. The van der Waals surface area contributed by atoms with Crippen LogP contribution in [0.1, 0.15) is 37.1 Å². The number of rotatable bonds is 6. The molecule has 0 radical (unpaired) electrons. The van der Waals surface area contributed by atoms with E-state index in [1.807, 2.05) is 18.4 Å². The Labute approximate surface area is 121 Å². The Morgan fingerprint density at radius 1 is 1.10 bits per heavy atom. The van der Waals surface area contributed by atoms with Gasteiger partial charge in [0.1, 0.15) is 5.75 Å². The second-order valence-corrected chi connectivity index (χ2v) is 5.40. The summed E-state index contributed by atoms with van der Waals surface area (Å²) in [5.74, 6) is 0.189. The van der Waals surface area contributed by atoms with Gasteiger partial charge in [-0.1, -0.05) is 12.1 Å². The third kappa shape index (κ3) is 4.02. The Morgan fingerprint density at radius 3 is 2.50 bits per heavy atom. The molecule has 1 aromatic carbocycles. The van der Waals surface area contributed by atoms with Crippen molar-refractivity contribution in [1.29, 1.82) is 0 Å². The van der Waals surface area contributed by atoms with Crippen LogP contribution in [0.2, 0.25) is 0 Å². The van der Waals surface area contributed by atoms with E-state index in [0.29, 0.717) is 0 Å². The Bertz CT molecular complexity index is 530. The van der Waals surface area contributed by atoms with Crippen LogP contribution in [0.5, 0.6) is 5.75 Å². The Kier molecular flexibility index (Phi) is 5.09. The number of nitrogens with one attached hydrogen (secondary N) is 1. The average Bonchev–Trinajstić information content (AvgIpc) is 2.92. The number of alkyl halides is 2. The molecule has 1 aromatic heterocycles. The van der Waals surface area contributed by atoms with Gasteiger partial charge in [0.05, 0.1) is 0 Å². The zero-order valence-corrected chi connectivity index (χ0v) is 12.2. The van der Waals surface area contributed by atoms with Crippen molar-refractivity contribution < 1.29 is 13.5 Å². The zero-order valence-electron chi connectivity index (χ0n) is 11.3. The van der Waals surface area contributed by atoms with E-state index < -0.39 is 6.61 Å². The van der Waals surface area contributed by atoms with Crippen LogP contribution in [0.25, 0.3) is 0 Å². The standard InChI is InChI=1S/C15H17F2NOS/c1-10(18-11(2)13-6-7-20-9-13)12-4-3-5-14(8-12)19-15(16)17/h3-11,15,18H,1-2H3. The Morgan fingerprint density at radius 2 is 1.85 bits per heavy atom. The largest absolute Gasteiger partial charge is 0.435 e. The van der Waals surface area contributed by atoms with Crippen LogP contribution < -0.4 is 10.1 Å². The topological polar surface area (TPSA) is 21.3 Å². The molecule has 1 N–H and O–H groups in total. The number of benzene rings is 1. The number of hydrogen-bond donors (Lipinski definition) is 1. The van der Waals surface area contributed by atoms with Gasteiger partial charge < -0.3 is 10.1 Å². The van der Waals surface area contributed by atoms with E-state index in [1.165, 1.54) is 11.6 Å². The molecule has 0 spiro atoms. The molecule has 2 aromatic rings. The maximum absolute atomic E-state index is 12.2. The van der Waals surface area contributed by atoms with E-state index in [9.17, 15) is 8.78 Å². The summed E-state index contributed by atoms with van der Waals surface area (Å²) in [6, 6.07) is 9.12. The molecule has 108 valence electrons. The van der Waals surface area contributed by atoms with Gasteiger partial charge in [-0.25, -0.2) is 0 Å². The summed E-state index contributed by atoms with van der Waals surface area (Å²) < 4.78 is 28.8. The van der Waals surface area contributed by atoms with Crippen LogP contribution in [-0.2, 0) is 0 Å². The highest BCUT2D eigenvalue weighted by Crippen LogP contribution is 2.24. The summed E-state index contributed by atoms with van der Waals surface area (Å²) in [5, 5.41) is 7.58. The molecule has 2 unspecified atom stereocenters. The summed E-state index contributed by atoms with van der Waals surface area (Å²) in [4.78, 5) is 0. The van der Waals surface area contributed by atoms with Gasteiger partial charge in [0, 0.05) is 12.1 Å². The van der Waals surface area contributed by atoms with Crippen molar-refractivity contribution in [2.45, 2.75) is 32.5 Å². The molecule has 0 aliphatic carbocycles. The molecule has 2 rings (SSSR count). The normalized spacial score (nSPS) is 14.2. The molecule has 5 heteroatoms. The first-order chi connectivity index (χ1) is 9.56. The van der Waals surface area contributed by atoms with E-state index in [1.54, 1.807) is 23.5 Å². The number of halogens is 2. The molecule has 1 heterocycles. The lowest BCUT2D eigenvalue weighted by molar-refractivity contribution is -0.0499. The summed E-state index contributed by atoms with van der Waals surface area (Å²) in [6.07, 6.45) is 0. The lowest BCUT2D eigenvalue weighted by Crippen LogP contribution is -2.22. The van der Waals surface area contributed by atoms with Crippen LogP contribution in [0.15, 0.2) is 41.1 Å². The SMILES string of the molecule is CC(NC(C)c1cccc(OC(F)F)c1)c1ccsc1. The minimum absolute atomic E-state index is 0.0473. The van der Waals surface area contributed by atoms with Gasteiger partial charge in [-0.05, 0) is 53.9 Å². The quantitative estimate of drug-likeness (QED) is 0.830. The van der Waals surface area contributed by atoms with Crippen LogP contribution in [0.4, 0.5) is 8.78 Å². The van der Waals surface area contributed by atoms with E-state index in [-0.39, 0.29) is 17.8 Å². The summed E-state index contributed by atoms with van der Waals surface area (Å²) in [7, 11) is 0. The average molecular weight is 297 g/mol. The molecule has 0 amide bonds. The van der Waals surface area contributed by atoms with Crippen molar-refractivity contribution in [1.82, 2.24) is 5.32 Å². The molecular weight excluding hydrogens is 280 g/mol. The lowest BCUT2D eigenvalue weighted by Gasteiger charge is -2.20. The summed E-state index contributed by atoms with van der Waals surface area (Å²) in [5.41, 5.74) is 2.15. The van der Waals surface area contributed by atoms with Gasteiger partial charge in [-0.15, -0.1) is 0 Å². The zero-order chi connectivity index (χ0) is 14.5. The van der Waals surface area contributed by atoms with Crippen molar-refractivity contribution in [3.8, 4) is 5.75 Å². The maximum Gasteiger partial charge on any atom is 0.387 e. The summed E-state index contributed by atoms with van der Waals surface area (Å²) >= 11 is 1.66. The third-order valence-corrected chi connectivity index (χ3v) is 3.83. The lowest BCUT2D eigenvalue weighted by atomic mass is 10.1. The van der Waals surface area contributed by atoms with Crippen molar-refractivity contribution in [3.05, 3.63) is 52.2 Å². The first-order valence-corrected chi connectivity index (χ1v) is 7.33. The number of ether oxygens (including phenoxy) is 1. The molecule has 0 saturated carbocycles. The van der Waals surface area contributed by atoms with Gasteiger partial charge in [0.2, 0.25) is 0 Å². The predicted octanol–water partition coefficient (Wildman–Crippen LogP) is 4.76. The van der Waals surface area contributed by atoms with E-state index in [0.717, 1.165) is 5.56 Å². The number of thiophene rings is 1. The maximum atomic E-state index is 12.2. The van der Waals surface area contributed by atoms with Crippen molar-refractivity contribution in [2.75, 3.05) is 0 Å². The minimum Gasteiger partial charge on any atom is -0.435 e. The van der Waals surface area contributed by atoms with E-state index in [4.69, 9.17) is 0 Å². The first-order valence-electron chi connectivity index (χ1n) is 6.39. The molecule has 2 atom stereocenters. The second-order valence-electron chi connectivity index (χ2n) is 4.62. The summed E-state index contributed by atoms with van der Waals surface area (Å²) in [6.45, 7) is 1.29. The smallest absolute Gasteiger partial charge is 0.387 e. The van der Waals surface area contributed by atoms with Crippen molar-refractivity contribution >= 4 is 11.3 Å². The van der Waals surface area contributed by atoms with Gasteiger partial charge in [0.25, 0.3) is 0 Å². The van der Waals surface area contributed by atoms with Crippen LogP contribution >= 0.6 is 11.3 Å². The second kappa shape index (κ2) is 6.81. The fraction of sp³-hybridized carbons (Fsp3) is 0.333. The highest BCUT2D eigenvalue weighted by atomic mass is 32.1. The Balaban J connectivity index is 2.03. The van der Waals surface area contributed by atoms with Crippen LogP contribution in [0.3, 0.4) is 0 Å². The van der Waals surface area contributed by atoms with Gasteiger partial charge in [0.15, 0.2) is 0 Å². The molecule has 0 aliphatic heterocycles. The molecule has 0 fully saturated rings. The first kappa shape index (κ1) is 14.9. The fourth-order valence-electron chi connectivity index (χ4n) is 2.05. The monoisotopic (exact) mass is 297 g/mol. The van der Waals surface area contributed by atoms with E-state index in [2.05, 4.69) is 28.4 Å². The molecule has 0 saturated heterocycles. The van der Waals surface area contributed by atoms with Gasteiger partial charge >= 0.3 is 6.61 Å². The van der Waals surface area contributed by atoms with Gasteiger partial charge in [-0.3, -0.25) is 0 Å². The van der Waals surface area contributed by atoms with E-state index >= 15 is 0 Å². The third-order valence-electron chi connectivity index (χ3n) is 3.13. The van der Waals surface area contributed by atoms with Crippen LogP contribution in [0, 0.1) is 0 Å². The molecule has 2 nitrogen and oxygen atoms in total. The molecular formula is C15H17F2NOS. The Hall–Kier alpha value is -1.46.